The fourth-order valence-electron chi connectivity index (χ4n) is 1.35. The molecule has 0 radical (unpaired) electrons. The normalized spacial score (nSPS) is 11.7. The van der Waals surface area contributed by atoms with Crippen LogP contribution in [-0.2, 0) is 12.0 Å². The predicted molar refractivity (Wildman–Crippen MR) is 59.3 cm³/mol. The van der Waals surface area contributed by atoms with E-state index in [9.17, 15) is 5.11 Å². The Hall–Kier alpha value is -0.860. The van der Waals surface area contributed by atoms with E-state index in [0.29, 0.717) is 0 Å². The number of hydrogen-bond donors (Lipinski definition) is 2. The zero-order valence-corrected chi connectivity index (χ0v) is 9.17. The highest BCUT2D eigenvalue weighted by Crippen LogP contribution is 2.19. The highest BCUT2D eigenvalue weighted by Gasteiger charge is 2.14. The van der Waals surface area contributed by atoms with Gasteiger partial charge in [0.1, 0.15) is 0 Å². The van der Waals surface area contributed by atoms with Gasteiger partial charge in [0, 0.05) is 0 Å². The van der Waals surface area contributed by atoms with Crippen molar-refractivity contribution in [1.29, 1.82) is 0 Å². The van der Waals surface area contributed by atoms with Crippen molar-refractivity contribution < 1.29 is 5.11 Å². The van der Waals surface area contributed by atoms with Crippen LogP contribution in [0.2, 0.25) is 0 Å². The van der Waals surface area contributed by atoms with Gasteiger partial charge >= 0.3 is 0 Å². The first-order chi connectivity index (χ1) is 6.54. The summed E-state index contributed by atoms with van der Waals surface area (Å²) in [5, 5.41) is 12.9. The molecule has 0 aliphatic rings. The molecule has 0 amide bonds. The van der Waals surface area contributed by atoms with Crippen LogP contribution in [0.15, 0.2) is 24.3 Å². The van der Waals surface area contributed by atoms with E-state index in [0.717, 1.165) is 18.5 Å². The number of aliphatic hydroxyl groups is 1. The molecule has 14 heavy (non-hydrogen) atoms. The average Bonchev–Trinajstić information content (AvgIpc) is 2.14. The van der Waals surface area contributed by atoms with E-state index in [2.05, 4.69) is 17.4 Å². The van der Waals surface area contributed by atoms with Gasteiger partial charge in [-0.25, -0.2) is 0 Å². The molecule has 0 aliphatic carbocycles. The van der Waals surface area contributed by atoms with Crippen molar-refractivity contribution >= 4 is 0 Å². The summed E-state index contributed by atoms with van der Waals surface area (Å²) in [6, 6.07) is 8.13. The molecule has 1 aromatic rings. The van der Waals surface area contributed by atoms with Crippen molar-refractivity contribution in [2.45, 2.75) is 25.9 Å². The lowest BCUT2D eigenvalue weighted by Crippen LogP contribution is -2.15. The van der Waals surface area contributed by atoms with E-state index >= 15 is 0 Å². The van der Waals surface area contributed by atoms with Gasteiger partial charge in [-0.05, 0) is 45.0 Å². The van der Waals surface area contributed by atoms with E-state index in [1.165, 1.54) is 5.56 Å². The number of rotatable bonds is 4. The van der Waals surface area contributed by atoms with E-state index in [1.54, 1.807) is 13.8 Å². The van der Waals surface area contributed by atoms with Gasteiger partial charge in [-0.1, -0.05) is 24.3 Å². The van der Waals surface area contributed by atoms with E-state index in [1.807, 2.05) is 19.2 Å². The lowest BCUT2D eigenvalue weighted by molar-refractivity contribution is 0.0786. The summed E-state index contributed by atoms with van der Waals surface area (Å²) in [4.78, 5) is 0. The van der Waals surface area contributed by atoms with Gasteiger partial charge in [0.05, 0.1) is 5.60 Å². The summed E-state index contributed by atoms with van der Waals surface area (Å²) in [6.07, 6.45) is 1.03. The number of likely N-dealkylation sites (N-methyl/N-ethyl adjacent to an activating group) is 1. The fourth-order valence-corrected chi connectivity index (χ4v) is 1.35. The molecule has 0 fully saturated rings. The fraction of sp³-hybridized carbons (Fsp3) is 0.500. The third-order valence-corrected chi connectivity index (χ3v) is 2.32. The van der Waals surface area contributed by atoms with Crippen LogP contribution in [0.4, 0.5) is 0 Å². The van der Waals surface area contributed by atoms with Crippen LogP contribution < -0.4 is 5.32 Å². The molecule has 2 nitrogen and oxygen atoms in total. The zero-order chi connectivity index (χ0) is 10.6. The third kappa shape index (κ3) is 3.13. The maximum Gasteiger partial charge on any atom is 0.0840 e. The summed E-state index contributed by atoms with van der Waals surface area (Å²) in [5.74, 6) is 0. The van der Waals surface area contributed by atoms with E-state index in [4.69, 9.17) is 0 Å². The maximum atomic E-state index is 9.74. The number of nitrogens with one attached hydrogen (secondary N) is 1. The molecule has 0 atom stereocenters. The van der Waals surface area contributed by atoms with Crippen LogP contribution in [0.5, 0.6) is 0 Å². The Morgan fingerprint density at radius 3 is 2.21 bits per heavy atom. The van der Waals surface area contributed by atoms with E-state index in [-0.39, 0.29) is 0 Å². The van der Waals surface area contributed by atoms with Crippen LogP contribution in [0, 0.1) is 0 Å². The third-order valence-electron chi connectivity index (χ3n) is 2.32. The molecule has 2 N–H and O–H groups in total. The van der Waals surface area contributed by atoms with Gasteiger partial charge < -0.3 is 10.4 Å². The Bertz CT molecular complexity index is 271. The molecule has 0 aromatic heterocycles. The minimum Gasteiger partial charge on any atom is -0.386 e. The van der Waals surface area contributed by atoms with Crippen LogP contribution >= 0.6 is 0 Å². The second-order valence-corrected chi connectivity index (χ2v) is 4.11. The largest absolute Gasteiger partial charge is 0.386 e. The van der Waals surface area contributed by atoms with E-state index < -0.39 is 5.60 Å². The Morgan fingerprint density at radius 2 is 1.79 bits per heavy atom. The minimum absolute atomic E-state index is 0.735. The topological polar surface area (TPSA) is 32.3 Å². The molecular weight excluding hydrogens is 174 g/mol. The summed E-state index contributed by atoms with van der Waals surface area (Å²) in [7, 11) is 1.95. The van der Waals surface area contributed by atoms with Gasteiger partial charge in [0.15, 0.2) is 0 Å². The van der Waals surface area contributed by atoms with Gasteiger partial charge in [-0.2, -0.15) is 0 Å². The summed E-state index contributed by atoms with van der Waals surface area (Å²) < 4.78 is 0. The van der Waals surface area contributed by atoms with Crippen LogP contribution in [0.1, 0.15) is 25.0 Å². The van der Waals surface area contributed by atoms with Crippen molar-refractivity contribution in [3.05, 3.63) is 35.4 Å². The molecule has 1 rings (SSSR count). The molecule has 1 aromatic carbocycles. The van der Waals surface area contributed by atoms with Crippen molar-refractivity contribution in [2.75, 3.05) is 13.6 Å². The summed E-state index contributed by atoms with van der Waals surface area (Å²) >= 11 is 0. The molecule has 0 saturated carbocycles. The summed E-state index contributed by atoms with van der Waals surface area (Å²) in [5.41, 5.74) is 1.53. The zero-order valence-electron chi connectivity index (χ0n) is 9.17. The van der Waals surface area contributed by atoms with Crippen LogP contribution in [0.25, 0.3) is 0 Å². The molecule has 0 spiro atoms. The minimum atomic E-state index is -0.735. The highest BCUT2D eigenvalue weighted by molar-refractivity contribution is 5.26. The second kappa shape index (κ2) is 4.58. The molecule has 0 unspecified atom stereocenters. The molecule has 0 aliphatic heterocycles. The van der Waals surface area contributed by atoms with Gasteiger partial charge in [0.2, 0.25) is 0 Å². The number of hydrogen-bond acceptors (Lipinski definition) is 2. The molecule has 78 valence electrons. The lowest BCUT2D eigenvalue weighted by Gasteiger charge is -2.17. The van der Waals surface area contributed by atoms with Crippen LogP contribution in [-0.4, -0.2) is 18.7 Å². The summed E-state index contributed by atoms with van der Waals surface area (Å²) in [6.45, 7) is 4.59. The molecule has 0 saturated heterocycles. The van der Waals surface area contributed by atoms with Crippen molar-refractivity contribution in [1.82, 2.24) is 5.32 Å². The standard InChI is InChI=1S/C12H19NO/c1-12(2,14)11-6-4-10(5-7-11)8-9-13-3/h4-7,13-14H,8-9H2,1-3H3. The molecular formula is C12H19NO. The maximum absolute atomic E-state index is 9.74. The average molecular weight is 193 g/mol. The molecule has 0 bridgehead atoms. The highest BCUT2D eigenvalue weighted by atomic mass is 16.3. The van der Waals surface area contributed by atoms with Crippen LogP contribution in [0.3, 0.4) is 0 Å². The van der Waals surface area contributed by atoms with Crippen molar-refractivity contribution in [3.8, 4) is 0 Å². The Balaban J connectivity index is 2.69. The Morgan fingerprint density at radius 1 is 1.21 bits per heavy atom. The smallest absolute Gasteiger partial charge is 0.0840 e. The first-order valence-electron chi connectivity index (χ1n) is 5.00. The number of benzene rings is 1. The lowest BCUT2D eigenvalue weighted by atomic mass is 9.97. The molecule has 2 heteroatoms. The van der Waals surface area contributed by atoms with Gasteiger partial charge in [-0.15, -0.1) is 0 Å². The van der Waals surface area contributed by atoms with Gasteiger partial charge in [-0.3, -0.25) is 0 Å². The van der Waals surface area contributed by atoms with Crippen molar-refractivity contribution in [3.63, 3.8) is 0 Å². The van der Waals surface area contributed by atoms with Gasteiger partial charge in [0.25, 0.3) is 0 Å². The SMILES string of the molecule is CNCCc1ccc(C(C)(C)O)cc1. The second-order valence-electron chi connectivity index (χ2n) is 4.11. The predicted octanol–water partition coefficient (Wildman–Crippen LogP) is 1.68. The Kier molecular flexibility index (Phi) is 3.67. The quantitative estimate of drug-likeness (QED) is 0.762. The molecule has 0 heterocycles. The Labute approximate surface area is 86.0 Å². The first kappa shape index (κ1) is 11.2. The first-order valence-corrected chi connectivity index (χ1v) is 5.00. The monoisotopic (exact) mass is 193 g/mol. The van der Waals surface area contributed by atoms with Crippen molar-refractivity contribution in [2.24, 2.45) is 0 Å².